The van der Waals surface area contributed by atoms with Crippen molar-refractivity contribution in [2.24, 2.45) is 5.41 Å². The third-order valence-electron chi connectivity index (χ3n) is 2.80. The van der Waals surface area contributed by atoms with Gasteiger partial charge < -0.3 is 5.32 Å². The van der Waals surface area contributed by atoms with Crippen LogP contribution in [0.25, 0.3) is 10.2 Å². The van der Waals surface area contributed by atoms with E-state index in [0.29, 0.717) is 11.6 Å². The number of carbonyl (C=O) groups is 1. The van der Waals surface area contributed by atoms with Crippen LogP contribution in [0.4, 0.5) is 5.13 Å². The zero-order chi connectivity index (χ0) is 14.0. The Hall–Kier alpha value is -1.42. The topological polar surface area (TPSA) is 42.0 Å². The molecule has 2 rings (SSSR count). The Balaban J connectivity index is 2.15. The zero-order valence-electron chi connectivity index (χ0n) is 11.9. The number of aromatic nitrogens is 1. The average Bonchev–Trinajstić information content (AvgIpc) is 2.66. The minimum absolute atomic E-state index is 0.00382. The van der Waals surface area contributed by atoms with Crippen molar-refractivity contribution < 1.29 is 4.79 Å². The fraction of sp³-hybridized carbons (Fsp3) is 0.467. The molecule has 1 N–H and O–H groups in total. The van der Waals surface area contributed by atoms with E-state index < -0.39 is 0 Å². The molecule has 0 bridgehead atoms. The number of hydrogen-bond acceptors (Lipinski definition) is 3. The van der Waals surface area contributed by atoms with Gasteiger partial charge in [0, 0.05) is 6.42 Å². The van der Waals surface area contributed by atoms with Gasteiger partial charge in [-0.25, -0.2) is 4.98 Å². The maximum absolute atomic E-state index is 11.9. The summed E-state index contributed by atoms with van der Waals surface area (Å²) >= 11 is 1.54. The van der Waals surface area contributed by atoms with Gasteiger partial charge in [0.2, 0.25) is 5.91 Å². The molecule has 0 saturated heterocycles. The molecule has 2 aromatic rings. The number of amides is 1. The van der Waals surface area contributed by atoms with Gasteiger partial charge in [0.1, 0.15) is 0 Å². The Bertz CT molecular complexity index is 596. The molecule has 1 amide bonds. The molecule has 1 aromatic carbocycles. The van der Waals surface area contributed by atoms with Crippen molar-refractivity contribution in [3.8, 4) is 0 Å². The summed E-state index contributed by atoms with van der Waals surface area (Å²) in [5, 5.41) is 3.59. The van der Waals surface area contributed by atoms with E-state index in [1.165, 1.54) is 16.9 Å². The van der Waals surface area contributed by atoms with Crippen molar-refractivity contribution in [2.75, 3.05) is 5.32 Å². The second kappa shape index (κ2) is 5.29. The van der Waals surface area contributed by atoms with E-state index in [4.69, 9.17) is 0 Å². The first-order valence-electron chi connectivity index (χ1n) is 6.57. The van der Waals surface area contributed by atoms with Crippen LogP contribution in [0.2, 0.25) is 0 Å². The fourth-order valence-corrected chi connectivity index (χ4v) is 2.83. The lowest BCUT2D eigenvalue weighted by atomic mass is 9.92. The molecule has 102 valence electrons. The van der Waals surface area contributed by atoms with Crippen molar-refractivity contribution >= 4 is 32.6 Å². The number of hydrogen-bond donors (Lipinski definition) is 1. The smallest absolute Gasteiger partial charge is 0.226 e. The molecule has 1 heterocycles. The van der Waals surface area contributed by atoms with Gasteiger partial charge in [-0.1, -0.05) is 45.1 Å². The minimum atomic E-state index is -0.00382. The Morgan fingerprint density at radius 3 is 2.74 bits per heavy atom. The van der Waals surface area contributed by atoms with Gasteiger partial charge >= 0.3 is 0 Å². The first-order valence-corrected chi connectivity index (χ1v) is 7.38. The number of aryl methyl sites for hydroxylation is 1. The summed E-state index contributed by atoms with van der Waals surface area (Å²) in [5.41, 5.74) is 2.24. The second-order valence-corrected chi connectivity index (χ2v) is 6.99. The molecule has 0 saturated carbocycles. The first kappa shape index (κ1) is 14.0. The number of nitrogens with zero attached hydrogens (tertiary/aromatic N) is 1. The van der Waals surface area contributed by atoms with Crippen LogP contribution in [0.5, 0.6) is 0 Å². The van der Waals surface area contributed by atoms with Gasteiger partial charge in [-0.2, -0.15) is 0 Å². The Kier molecular flexibility index (Phi) is 3.90. The predicted molar refractivity (Wildman–Crippen MR) is 81.7 cm³/mol. The maximum atomic E-state index is 11.9. The Morgan fingerprint density at radius 1 is 1.37 bits per heavy atom. The molecular weight excluding hydrogens is 256 g/mol. The largest absolute Gasteiger partial charge is 0.302 e. The van der Waals surface area contributed by atoms with Gasteiger partial charge in [0.05, 0.1) is 10.2 Å². The monoisotopic (exact) mass is 276 g/mol. The molecule has 0 unspecified atom stereocenters. The molecule has 1 aromatic heterocycles. The summed E-state index contributed by atoms with van der Waals surface area (Å²) in [5.74, 6) is 0.0299. The first-order chi connectivity index (χ1) is 8.87. The van der Waals surface area contributed by atoms with Crippen LogP contribution in [0.3, 0.4) is 0 Å². The lowest BCUT2D eigenvalue weighted by molar-refractivity contribution is -0.117. The van der Waals surface area contributed by atoms with Gasteiger partial charge in [0.25, 0.3) is 0 Å². The normalized spacial score (nSPS) is 11.8. The van der Waals surface area contributed by atoms with Crippen LogP contribution >= 0.6 is 11.3 Å². The van der Waals surface area contributed by atoms with Crippen molar-refractivity contribution in [1.82, 2.24) is 4.98 Å². The lowest BCUT2D eigenvalue weighted by Crippen LogP contribution is -2.19. The van der Waals surface area contributed by atoms with Gasteiger partial charge in [-0.15, -0.1) is 0 Å². The molecule has 0 atom stereocenters. The molecule has 0 radical (unpaired) electrons. The van der Waals surface area contributed by atoms with Crippen molar-refractivity contribution in [2.45, 2.75) is 40.5 Å². The lowest BCUT2D eigenvalue weighted by Gasteiger charge is -2.16. The van der Waals surface area contributed by atoms with Gasteiger partial charge in [0.15, 0.2) is 5.13 Å². The average molecular weight is 276 g/mol. The van der Waals surface area contributed by atoms with Gasteiger partial charge in [-0.3, -0.25) is 4.79 Å². The molecule has 19 heavy (non-hydrogen) atoms. The van der Waals surface area contributed by atoms with Crippen LogP contribution in [-0.4, -0.2) is 10.9 Å². The number of thiazole rings is 1. The molecule has 3 nitrogen and oxygen atoms in total. The summed E-state index contributed by atoms with van der Waals surface area (Å²) < 4.78 is 1.13. The highest BCUT2D eigenvalue weighted by Crippen LogP contribution is 2.28. The van der Waals surface area contributed by atoms with Crippen LogP contribution in [-0.2, 0) is 11.2 Å². The standard InChI is InChI=1S/C15H20N2OS/c1-5-10-6-7-11-12(8-10)19-14(16-11)17-13(18)9-15(2,3)4/h6-8H,5,9H2,1-4H3,(H,16,17,18). The molecule has 4 heteroatoms. The Labute approximate surface area is 118 Å². The van der Waals surface area contributed by atoms with E-state index in [1.807, 2.05) is 6.07 Å². The summed E-state index contributed by atoms with van der Waals surface area (Å²) in [7, 11) is 0. The molecular formula is C15H20N2OS. The molecule has 0 spiro atoms. The van der Waals surface area contributed by atoms with E-state index in [9.17, 15) is 4.79 Å². The van der Waals surface area contributed by atoms with Crippen molar-refractivity contribution in [1.29, 1.82) is 0 Å². The molecule has 0 aliphatic rings. The number of fused-ring (bicyclic) bond motifs is 1. The van der Waals surface area contributed by atoms with Crippen LogP contribution < -0.4 is 5.32 Å². The van der Waals surface area contributed by atoms with Crippen LogP contribution in [0.15, 0.2) is 18.2 Å². The highest BCUT2D eigenvalue weighted by atomic mass is 32.1. The van der Waals surface area contributed by atoms with Crippen molar-refractivity contribution in [3.63, 3.8) is 0 Å². The molecule has 0 fully saturated rings. The van der Waals surface area contributed by atoms with E-state index >= 15 is 0 Å². The predicted octanol–water partition coefficient (Wildman–Crippen LogP) is 4.23. The van der Waals surface area contributed by atoms with E-state index in [2.05, 4.69) is 50.1 Å². The summed E-state index contributed by atoms with van der Waals surface area (Å²) in [6, 6.07) is 6.25. The Morgan fingerprint density at radius 2 is 2.11 bits per heavy atom. The van der Waals surface area contributed by atoms with E-state index in [1.54, 1.807) is 0 Å². The number of anilines is 1. The summed E-state index contributed by atoms with van der Waals surface area (Å²) in [6.45, 7) is 8.30. The number of carbonyl (C=O) groups excluding carboxylic acids is 1. The summed E-state index contributed by atoms with van der Waals surface area (Å²) in [4.78, 5) is 16.3. The SMILES string of the molecule is CCc1ccc2nc(NC(=O)CC(C)(C)C)sc2c1. The maximum Gasteiger partial charge on any atom is 0.226 e. The number of rotatable bonds is 3. The zero-order valence-corrected chi connectivity index (χ0v) is 12.7. The van der Waals surface area contributed by atoms with E-state index in [0.717, 1.165) is 16.6 Å². The third-order valence-corrected chi connectivity index (χ3v) is 3.73. The highest BCUT2D eigenvalue weighted by molar-refractivity contribution is 7.22. The van der Waals surface area contributed by atoms with Crippen molar-refractivity contribution in [3.05, 3.63) is 23.8 Å². The number of nitrogens with one attached hydrogen (secondary N) is 1. The highest BCUT2D eigenvalue weighted by Gasteiger charge is 2.17. The van der Waals surface area contributed by atoms with Crippen LogP contribution in [0, 0.1) is 5.41 Å². The van der Waals surface area contributed by atoms with Gasteiger partial charge in [-0.05, 0) is 29.5 Å². The quantitative estimate of drug-likeness (QED) is 0.911. The molecule has 0 aliphatic heterocycles. The third kappa shape index (κ3) is 3.77. The summed E-state index contributed by atoms with van der Waals surface area (Å²) in [6.07, 6.45) is 1.52. The second-order valence-electron chi connectivity index (χ2n) is 5.96. The minimum Gasteiger partial charge on any atom is -0.302 e. The fourth-order valence-electron chi connectivity index (χ4n) is 1.89. The molecule has 0 aliphatic carbocycles. The van der Waals surface area contributed by atoms with Crippen LogP contribution in [0.1, 0.15) is 39.7 Å². The number of benzene rings is 1. The van der Waals surface area contributed by atoms with E-state index in [-0.39, 0.29) is 11.3 Å².